The summed E-state index contributed by atoms with van der Waals surface area (Å²) in [6, 6.07) is 2.79. The standard InChI is InChI=1S/C16H13Cl3F2N6/c1-27-13-11(6-22-14(26-13)23-8-4-16(20,21)5-8)24-15(27)25-12-9(18)2-7(17)3-10(12)19/h2-3,6,8H,4-5H2,1H3,(H,24,25)(H,22,23,26). The molecule has 0 atom stereocenters. The number of rotatable bonds is 4. The molecule has 0 saturated heterocycles. The molecule has 11 heteroatoms. The van der Waals surface area contributed by atoms with Gasteiger partial charge in [0.15, 0.2) is 5.65 Å². The molecular formula is C16H13Cl3F2N6. The number of nitrogens with zero attached hydrogens (tertiary/aromatic N) is 4. The maximum Gasteiger partial charge on any atom is 0.252 e. The van der Waals surface area contributed by atoms with E-state index in [0.29, 0.717) is 37.9 Å². The van der Waals surface area contributed by atoms with Crippen molar-refractivity contribution in [2.75, 3.05) is 10.6 Å². The molecule has 1 aliphatic carbocycles. The van der Waals surface area contributed by atoms with Crippen LogP contribution >= 0.6 is 34.8 Å². The molecule has 1 saturated carbocycles. The van der Waals surface area contributed by atoms with Gasteiger partial charge in [-0.2, -0.15) is 4.98 Å². The van der Waals surface area contributed by atoms with Crippen LogP contribution in [0.2, 0.25) is 15.1 Å². The zero-order chi connectivity index (χ0) is 19.3. The minimum Gasteiger partial charge on any atom is -0.351 e. The average molecular weight is 434 g/mol. The Kier molecular flexibility index (Phi) is 4.52. The van der Waals surface area contributed by atoms with E-state index in [4.69, 9.17) is 34.8 Å². The molecule has 0 radical (unpaired) electrons. The molecule has 27 heavy (non-hydrogen) atoms. The van der Waals surface area contributed by atoms with Gasteiger partial charge in [-0.1, -0.05) is 34.8 Å². The summed E-state index contributed by atoms with van der Waals surface area (Å²) >= 11 is 18.3. The number of imidazole rings is 1. The minimum atomic E-state index is -2.61. The summed E-state index contributed by atoms with van der Waals surface area (Å²) < 4.78 is 27.6. The molecule has 2 heterocycles. The molecule has 142 valence electrons. The van der Waals surface area contributed by atoms with Crippen LogP contribution in [0.4, 0.5) is 26.4 Å². The van der Waals surface area contributed by atoms with E-state index in [2.05, 4.69) is 25.6 Å². The second-order valence-corrected chi connectivity index (χ2v) is 7.62. The van der Waals surface area contributed by atoms with Crippen LogP contribution in [0.5, 0.6) is 0 Å². The SMILES string of the molecule is Cn1c(Nc2c(Cl)cc(Cl)cc2Cl)nc2cnc(NC3CC(F)(F)C3)nc21. The van der Waals surface area contributed by atoms with Gasteiger partial charge in [0.1, 0.15) is 5.52 Å². The number of hydrogen-bond donors (Lipinski definition) is 2. The van der Waals surface area contributed by atoms with Gasteiger partial charge in [-0.3, -0.25) is 4.57 Å². The third-order valence-corrected chi connectivity index (χ3v) is 5.09. The van der Waals surface area contributed by atoms with Crippen LogP contribution in [0.25, 0.3) is 11.2 Å². The normalized spacial score (nSPS) is 16.4. The quantitative estimate of drug-likeness (QED) is 0.586. The van der Waals surface area contributed by atoms with Crippen molar-refractivity contribution in [1.29, 1.82) is 0 Å². The van der Waals surface area contributed by atoms with Crippen molar-refractivity contribution in [3.05, 3.63) is 33.4 Å². The molecule has 0 bridgehead atoms. The molecule has 1 fully saturated rings. The maximum atomic E-state index is 13.0. The van der Waals surface area contributed by atoms with Crippen molar-refractivity contribution in [1.82, 2.24) is 19.5 Å². The summed E-state index contributed by atoms with van der Waals surface area (Å²) in [5.74, 6) is -1.89. The maximum absolute atomic E-state index is 13.0. The average Bonchev–Trinajstić information content (AvgIpc) is 2.85. The number of aromatic nitrogens is 4. The summed E-state index contributed by atoms with van der Waals surface area (Å²) in [7, 11) is 1.75. The smallest absolute Gasteiger partial charge is 0.252 e. The third kappa shape index (κ3) is 3.61. The fourth-order valence-corrected chi connectivity index (χ4v) is 3.79. The van der Waals surface area contributed by atoms with Gasteiger partial charge >= 0.3 is 0 Å². The fourth-order valence-electron chi connectivity index (χ4n) is 2.88. The molecular weight excluding hydrogens is 421 g/mol. The molecule has 0 amide bonds. The Bertz CT molecular complexity index is 1010. The van der Waals surface area contributed by atoms with Crippen LogP contribution in [-0.2, 0) is 7.05 Å². The highest BCUT2D eigenvalue weighted by Gasteiger charge is 2.45. The largest absolute Gasteiger partial charge is 0.351 e. The number of alkyl halides is 2. The van der Waals surface area contributed by atoms with E-state index in [0.717, 1.165) is 0 Å². The summed E-state index contributed by atoms with van der Waals surface area (Å²) in [4.78, 5) is 12.9. The lowest BCUT2D eigenvalue weighted by atomic mass is 9.88. The fraction of sp³-hybridized carbons (Fsp3) is 0.312. The first-order chi connectivity index (χ1) is 12.7. The van der Waals surface area contributed by atoms with Gasteiger partial charge in [0.05, 0.1) is 21.9 Å². The number of halogens is 5. The first-order valence-electron chi connectivity index (χ1n) is 7.97. The number of benzene rings is 1. The number of aryl methyl sites for hydroxylation is 1. The van der Waals surface area contributed by atoms with Crippen molar-refractivity contribution >= 4 is 63.6 Å². The van der Waals surface area contributed by atoms with Gasteiger partial charge in [0, 0.05) is 31.0 Å². The van der Waals surface area contributed by atoms with E-state index >= 15 is 0 Å². The van der Waals surface area contributed by atoms with Gasteiger partial charge < -0.3 is 10.6 Å². The second-order valence-electron chi connectivity index (χ2n) is 6.37. The first kappa shape index (κ1) is 18.5. The van der Waals surface area contributed by atoms with Crippen LogP contribution < -0.4 is 10.6 Å². The minimum absolute atomic E-state index is 0.222. The Labute approximate surface area is 167 Å². The van der Waals surface area contributed by atoms with Gasteiger partial charge in [-0.15, -0.1) is 0 Å². The predicted octanol–water partition coefficient (Wildman–Crippen LogP) is 5.28. The van der Waals surface area contributed by atoms with Crippen molar-refractivity contribution in [3.63, 3.8) is 0 Å². The number of fused-ring (bicyclic) bond motifs is 1. The Morgan fingerprint density at radius 1 is 1.15 bits per heavy atom. The number of hydrogen-bond acceptors (Lipinski definition) is 5. The topological polar surface area (TPSA) is 67.7 Å². The highest BCUT2D eigenvalue weighted by Crippen LogP contribution is 2.39. The van der Waals surface area contributed by atoms with E-state index in [-0.39, 0.29) is 24.8 Å². The van der Waals surface area contributed by atoms with Crippen LogP contribution in [0, 0.1) is 0 Å². The molecule has 1 aromatic carbocycles. The molecule has 3 aromatic rings. The van der Waals surface area contributed by atoms with Gasteiger partial charge in [-0.25, -0.2) is 18.7 Å². The highest BCUT2D eigenvalue weighted by molar-refractivity contribution is 6.41. The van der Waals surface area contributed by atoms with E-state index in [9.17, 15) is 8.78 Å². The Hall–Kier alpha value is -1.90. The molecule has 0 aliphatic heterocycles. The monoisotopic (exact) mass is 432 g/mol. The third-order valence-electron chi connectivity index (χ3n) is 4.28. The van der Waals surface area contributed by atoms with E-state index in [1.54, 1.807) is 23.7 Å². The van der Waals surface area contributed by atoms with Crippen molar-refractivity contribution in [2.45, 2.75) is 24.8 Å². The molecule has 0 spiro atoms. The number of nitrogens with one attached hydrogen (secondary N) is 2. The van der Waals surface area contributed by atoms with E-state index < -0.39 is 5.92 Å². The van der Waals surface area contributed by atoms with E-state index in [1.165, 1.54) is 6.20 Å². The van der Waals surface area contributed by atoms with Crippen molar-refractivity contribution in [2.24, 2.45) is 7.05 Å². The molecule has 2 N–H and O–H groups in total. The second kappa shape index (κ2) is 6.61. The highest BCUT2D eigenvalue weighted by atomic mass is 35.5. The van der Waals surface area contributed by atoms with Crippen molar-refractivity contribution in [3.8, 4) is 0 Å². The molecule has 2 aromatic heterocycles. The van der Waals surface area contributed by atoms with Crippen LogP contribution in [0.1, 0.15) is 12.8 Å². The van der Waals surface area contributed by atoms with E-state index in [1.807, 2.05) is 0 Å². The molecule has 6 nitrogen and oxygen atoms in total. The Morgan fingerprint density at radius 3 is 2.44 bits per heavy atom. The Morgan fingerprint density at radius 2 is 1.81 bits per heavy atom. The summed E-state index contributed by atoms with van der Waals surface area (Å²) in [5.41, 5.74) is 1.53. The molecule has 1 aliphatic rings. The molecule has 0 unspecified atom stereocenters. The van der Waals surface area contributed by atoms with Crippen LogP contribution in [0.3, 0.4) is 0 Å². The summed E-state index contributed by atoms with van der Waals surface area (Å²) in [6.45, 7) is 0. The van der Waals surface area contributed by atoms with Crippen LogP contribution in [-0.4, -0.2) is 31.5 Å². The Balaban J connectivity index is 1.61. The van der Waals surface area contributed by atoms with Crippen LogP contribution in [0.15, 0.2) is 18.3 Å². The zero-order valence-corrected chi connectivity index (χ0v) is 16.2. The van der Waals surface area contributed by atoms with Gasteiger partial charge in [0.25, 0.3) is 5.92 Å². The lowest BCUT2D eigenvalue weighted by Crippen LogP contribution is -2.44. The number of anilines is 3. The lowest BCUT2D eigenvalue weighted by Gasteiger charge is -2.35. The summed E-state index contributed by atoms with van der Waals surface area (Å²) in [5, 5.41) is 7.09. The van der Waals surface area contributed by atoms with Crippen molar-refractivity contribution < 1.29 is 8.78 Å². The lowest BCUT2D eigenvalue weighted by molar-refractivity contribution is -0.0794. The first-order valence-corrected chi connectivity index (χ1v) is 9.11. The summed E-state index contributed by atoms with van der Waals surface area (Å²) in [6.07, 6.45) is 1.08. The molecule has 4 rings (SSSR count). The predicted molar refractivity (Wildman–Crippen MR) is 103 cm³/mol. The van der Waals surface area contributed by atoms with Gasteiger partial charge in [-0.05, 0) is 12.1 Å². The zero-order valence-electron chi connectivity index (χ0n) is 13.9. The van der Waals surface area contributed by atoms with Gasteiger partial charge in [0.2, 0.25) is 11.9 Å².